The van der Waals surface area contributed by atoms with Crippen LogP contribution in [-0.4, -0.2) is 56.0 Å². The van der Waals surface area contributed by atoms with Crippen LogP contribution in [0, 0.1) is 0 Å². The van der Waals surface area contributed by atoms with Crippen LogP contribution in [0.3, 0.4) is 0 Å². The van der Waals surface area contributed by atoms with Crippen molar-refractivity contribution in [2.24, 2.45) is 0 Å². The molecule has 0 atom stereocenters. The standard InChI is InChI=1S/C13H16F3NO4/c1-20-10-5-3-4-9(11(10)21-2)12(19)17(6-7-18)8-13(14,15)16/h3-5,18H,6-8H2,1-2H3. The molecule has 118 valence electrons. The summed E-state index contributed by atoms with van der Waals surface area (Å²) in [6, 6.07) is 4.33. The summed E-state index contributed by atoms with van der Waals surface area (Å²) in [7, 11) is 2.64. The second-order valence-corrected chi connectivity index (χ2v) is 4.11. The minimum Gasteiger partial charge on any atom is -0.493 e. The van der Waals surface area contributed by atoms with E-state index in [2.05, 4.69) is 0 Å². The molecule has 0 bridgehead atoms. The number of rotatable bonds is 6. The minimum absolute atomic E-state index is 0.0510. The summed E-state index contributed by atoms with van der Waals surface area (Å²) in [6.45, 7) is -2.46. The summed E-state index contributed by atoms with van der Waals surface area (Å²) in [5, 5.41) is 8.84. The Kier molecular flexibility index (Phi) is 5.83. The van der Waals surface area contributed by atoms with Gasteiger partial charge in [-0.2, -0.15) is 13.2 Å². The van der Waals surface area contributed by atoms with Crippen molar-refractivity contribution in [1.82, 2.24) is 4.90 Å². The lowest BCUT2D eigenvalue weighted by Crippen LogP contribution is -2.40. The molecule has 0 unspecified atom stereocenters. The first kappa shape index (κ1) is 17.1. The molecule has 1 aromatic carbocycles. The van der Waals surface area contributed by atoms with E-state index in [4.69, 9.17) is 14.6 Å². The molecule has 21 heavy (non-hydrogen) atoms. The van der Waals surface area contributed by atoms with Crippen LogP contribution in [0.2, 0.25) is 0 Å². The zero-order valence-corrected chi connectivity index (χ0v) is 11.6. The number of aliphatic hydroxyl groups is 1. The van der Waals surface area contributed by atoms with E-state index < -0.39 is 31.8 Å². The van der Waals surface area contributed by atoms with Crippen molar-refractivity contribution in [1.29, 1.82) is 0 Å². The van der Waals surface area contributed by atoms with Crippen molar-refractivity contribution in [3.05, 3.63) is 23.8 Å². The molecule has 1 rings (SSSR count). The third kappa shape index (κ3) is 4.52. The first-order valence-corrected chi connectivity index (χ1v) is 6.02. The molecule has 0 aromatic heterocycles. The normalized spacial score (nSPS) is 11.1. The Morgan fingerprint density at radius 2 is 1.95 bits per heavy atom. The SMILES string of the molecule is COc1cccc(C(=O)N(CCO)CC(F)(F)F)c1OC. The van der Waals surface area contributed by atoms with Crippen molar-refractivity contribution in [2.75, 3.05) is 33.9 Å². The maximum Gasteiger partial charge on any atom is 0.406 e. The molecular formula is C13H16F3NO4. The Hall–Kier alpha value is -1.96. The fourth-order valence-electron chi connectivity index (χ4n) is 1.82. The zero-order chi connectivity index (χ0) is 16.0. The third-order valence-corrected chi connectivity index (χ3v) is 2.66. The molecule has 1 N–H and O–H groups in total. The van der Waals surface area contributed by atoms with Crippen molar-refractivity contribution < 1.29 is 32.5 Å². The number of hydrogen-bond acceptors (Lipinski definition) is 4. The van der Waals surface area contributed by atoms with Gasteiger partial charge in [-0.25, -0.2) is 0 Å². The molecule has 0 saturated carbocycles. The number of carbonyl (C=O) groups is 1. The van der Waals surface area contributed by atoms with Gasteiger partial charge in [-0.05, 0) is 12.1 Å². The van der Waals surface area contributed by atoms with E-state index in [0.29, 0.717) is 4.90 Å². The summed E-state index contributed by atoms with van der Waals surface area (Å²) in [6.07, 6.45) is -4.56. The number of para-hydroxylation sites is 1. The predicted molar refractivity (Wildman–Crippen MR) is 68.6 cm³/mol. The molecule has 0 fully saturated rings. The number of ether oxygens (including phenoxy) is 2. The highest BCUT2D eigenvalue weighted by Gasteiger charge is 2.34. The maximum atomic E-state index is 12.5. The average Bonchev–Trinajstić information content (AvgIpc) is 2.43. The average molecular weight is 307 g/mol. The van der Waals surface area contributed by atoms with Crippen LogP contribution in [0.5, 0.6) is 11.5 Å². The van der Waals surface area contributed by atoms with Crippen LogP contribution < -0.4 is 9.47 Å². The second-order valence-electron chi connectivity index (χ2n) is 4.11. The van der Waals surface area contributed by atoms with Crippen LogP contribution >= 0.6 is 0 Å². The molecule has 5 nitrogen and oxygen atoms in total. The first-order valence-electron chi connectivity index (χ1n) is 6.02. The number of carbonyl (C=O) groups excluding carboxylic acids is 1. The van der Waals surface area contributed by atoms with Crippen LogP contribution in [-0.2, 0) is 0 Å². The highest BCUT2D eigenvalue weighted by Crippen LogP contribution is 2.32. The predicted octanol–water partition coefficient (Wildman–Crippen LogP) is 1.70. The number of halogens is 3. The molecule has 0 aliphatic carbocycles. The molecule has 0 spiro atoms. The van der Waals surface area contributed by atoms with E-state index in [0.717, 1.165) is 0 Å². The van der Waals surface area contributed by atoms with Crippen molar-refractivity contribution in [3.63, 3.8) is 0 Å². The molecule has 0 aliphatic rings. The van der Waals surface area contributed by atoms with Gasteiger partial charge in [-0.15, -0.1) is 0 Å². The summed E-state index contributed by atoms with van der Waals surface area (Å²) in [4.78, 5) is 12.8. The summed E-state index contributed by atoms with van der Waals surface area (Å²) in [5.41, 5.74) is -0.0606. The van der Waals surface area contributed by atoms with E-state index in [1.54, 1.807) is 0 Å². The molecular weight excluding hydrogens is 291 g/mol. The lowest BCUT2D eigenvalue weighted by atomic mass is 10.1. The van der Waals surface area contributed by atoms with Crippen LogP contribution in [0.1, 0.15) is 10.4 Å². The molecule has 0 radical (unpaired) electrons. The Labute approximate surface area is 119 Å². The number of benzene rings is 1. The van der Waals surface area contributed by atoms with E-state index in [1.807, 2.05) is 0 Å². The molecule has 0 heterocycles. The molecule has 1 aromatic rings. The number of hydrogen-bond donors (Lipinski definition) is 1. The van der Waals surface area contributed by atoms with Gasteiger partial charge >= 0.3 is 6.18 Å². The lowest BCUT2D eigenvalue weighted by molar-refractivity contribution is -0.141. The number of aliphatic hydroxyl groups excluding tert-OH is 1. The quantitative estimate of drug-likeness (QED) is 0.869. The van der Waals surface area contributed by atoms with Gasteiger partial charge in [0.2, 0.25) is 0 Å². The zero-order valence-electron chi connectivity index (χ0n) is 11.6. The molecule has 0 saturated heterocycles. The maximum absolute atomic E-state index is 12.5. The Balaban J connectivity index is 3.14. The number of nitrogens with zero attached hydrogens (tertiary/aromatic N) is 1. The van der Waals surface area contributed by atoms with Gasteiger partial charge in [0.15, 0.2) is 11.5 Å². The number of alkyl halides is 3. The highest BCUT2D eigenvalue weighted by molar-refractivity contribution is 5.97. The lowest BCUT2D eigenvalue weighted by Gasteiger charge is -2.24. The molecule has 8 heteroatoms. The number of amides is 1. The summed E-state index contributed by atoms with van der Waals surface area (Å²) >= 11 is 0. The van der Waals surface area contributed by atoms with Crippen LogP contribution in [0.25, 0.3) is 0 Å². The summed E-state index contributed by atoms with van der Waals surface area (Å²) < 4.78 is 47.5. The fourth-order valence-corrected chi connectivity index (χ4v) is 1.82. The van der Waals surface area contributed by atoms with E-state index >= 15 is 0 Å². The first-order chi connectivity index (χ1) is 9.84. The Morgan fingerprint density at radius 3 is 2.43 bits per heavy atom. The Bertz CT molecular complexity index is 491. The van der Waals surface area contributed by atoms with Crippen molar-refractivity contribution in [2.45, 2.75) is 6.18 Å². The monoisotopic (exact) mass is 307 g/mol. The van der Waals surface area contributed by atoms with Crippen molar-refractivity contribution >= 4 is 5.91 Å². The van der Waals surface area contributed by atoms with Gasteiger partial charge in [0.1, 0.15) is 6.54 Å². The van der Waals surface area contributed by atoms with E-state index in [1.165, 1.54) is 32.4 Å². The van der Waals surface area contributed by atoms with Gasteiger partial charge < -0.3 is 19.5 Å². The van der Waals surface area contributed by atoms with E-state index in [-0.39, 0.29) is 17.1 Å². The number of methoxy groups -OCH3 is 2. The summed E-state index contributed by atoms with van der Waals surface area (Å²) in [5.74, 6) is -0.605. The second kappa shape index (κ2) is 7.16. The van der Waals surface area contributed by atoms with E-state index in [9.17, 15) is 18.0 Å². The van der Waals surface area contributed by atoms with Gasteiger partial charge in [-0.1, -0.05) is 6.07 Å². The van der Waals surface area contributed by atoms with Gasteiger partial charge in [-0.3, -0.25) is 4.79 Å². The van der Waals surface area contributed by atoms with Crippen molar-refractivity contribution in [3.8, 4) is 11.5 Å². The molecule has 1 amide bonds. The van der Waals surface area contributed by atoms with Crippen LogP contribution in [0.4, 0.5) is 13.2 Å². The largest absolute Gasteiger partial charge is 0.493 e. The fraction of sp³-hybridized carbons (Fsp3) is 0.462. The third-order valence-electron chi connectivity index (χ3n) is 2.66. The van der Waals surface area contributed by atoms with Crippen LogP contribution in [0.15, 0.2) is 18.2 Å². The molecule has 0 aliphatic heterocycles. The minimum atomic E-state index is -4.56. The van der Waals surface area contributed by atoms with Gasteiger partial charge in [0.05, 0.1) is 26.4 Å². The van der Waals surface area contributed by atoms with Gasteiger partial charge in [0.25, 0.3) is 5.91 Å². The highest BCUT2D eigenvalue weighted by atomic mass is 19.4. The Morgan fingerprint density at radius 1 is 1.29 bits per heavy atom. The smallest absolute Gasteiger partial charge is 0.406 e. The van der Waals surface area contributed by atoms with Gasteiger partial charge in [0, 0.05) is 6.54 Å². The topological polar surface area (TPSA) is 59.0 Å².